The number of ether oxygens (including phenoxy) is 1. The molecule has 0 amide bonds. The van der Waals surface area contributed by atoms with Gasteiger partial charge in [0.1, 0.15) is 5.75 Å². The van der Waals surface area contributed by atoms with Crippen LogP contribution >= 0.6 is 15.9 Å². The maximum absolute atomic E-state index is 5.31. The summed E-state index contributed by atoms with van der Waals surface area (Å²) in [6, 6.07) is 6.20. The average molecular weight is 342 g/mol. The van der Waals surface area contributed by atoms with Crippen molar-refractivity contribution in [3.63, 3.8) is 0 Å². The number of nitrogens with one attached hydrogen (secondary N) is 1. The monoisotopic (exact) mass is 341 g/mol. The molecule has 0 heterocycles. The topological polar surface area (TPSA) is 21.3 Å². The van der Waals surface area contributed by atoms with Crippen molar-refractivity contribution in [2.24, 2.45) is 17.8 Å². The molecule has 0 aliphatic rings. The van der Waals surface area contributed by atoms with Crippen molar-refractivity contribution in [3.05, 3.63) is 28.2 Å². The van der Waals surface area contributed by atoms with Crippen molar-refractivity contribution in [2.75, 3.05) is 20.2 Å². The van der Waals surface area contributed by atoms with Gasteiger partial charge >= 0.3 is 0 Å². The molecule has 1 aromatic rings. The standard InChI is InChI=1S/C17H28BrNO/c1-12(2)10-19-11-14(4)13(3)8-15-9-16(20-5)6-7-17(15)18/h6-7,9,12-14,19H,8,10-11H2,1-5H3. The summed E-state index contributed by atoms with van der Waals surface area (Å²) < 4.78 is 6.48. The maximum Gasteiger partial charge on any atom is 0.119 e. The molecule has 0 saturated heterocycles. The van der Waals surface area contributed by atoms with Crippen LogP contribution in [0.1, 0.15) is 33.3 Å². The van der Waals surface area contributed by atoms with Gasteiger partial charge in [-0.2, -0.15) is 0 Å². The highest BCUT2D eigenvalue weighted by Gasteiger charge is 2.14. The number of halogens is 1. The minimum Gasteiger partial charge on any atom is -0.497 e. The van der Waals surface area contributed by atoms with E-state index in [2.05, 4.69) is 61.1 Å². The first-order valence-corrected chi connectivity index (χ1v) is 8.26. The molecule has 0 aliphatic carbocycles. The number of rotatable bonds is 8. The van der Waals surface area contributed by atoms with E-state index in [1.807, 2.05) is 6.07 Å². The van der Waals surface area contributed by atoms with Gasteiger partial charge in [0.15, 0.2) is 0 Å². The molecule has 0 radical (unpaired) electrons. The lowest BCUT2D eigenvalue weighted by molar-refractivity contribution is 0.356. The fourth-order valence-corrected chi connectivity index (χ4v) is 2.59. The molecule has 2 nitrogen and oxygen atoms in total. The first-order valence-electron chi connectivity index (χ1n) is 7.47. The van der Waals surface area contributed by atoms with Crippen LogP contribution in [0, 0.1) is 17.8 Å². The van der Waals surface area contributed by atoms with Gasteiger partial charge in [-0.1, -0.05) is 43.6 Å². The molecule has 2 unspecified atom stereocenters. The third-order valence-electron chi connectivity index (χ3n) is 3.79. The Hall–Kier alpha value is -0.540. The van der Waals surface area contributed by atoms with E-state index < -0.39 is 0 Å². The molecule has 1 N–H and O–H groups in total. The highest BCUT2D eigenvalue weighted by atomic mass is 79.9. The summed E-state index contributed by atoms with van der Waals surface area (Å²) in [5.74, 6) is 2.94. The molecule has 20 heavy (non-hydrogen) atoms. The third-order valence-corrected chi connectivity index (χ3v) is 4.56. The predicted octanol–water partition coefficient (Wildman–Crippen LogP) is 4.52. The summed E-state index contributed by atoms with van der Waals surface area (Å²) in [6.07, 6.45) is 1.07. The van der Waals surface area contributed by atoms with Crippen LogP contribution in [-0.2, 0) is 6.42 Å². The first kappa shape index (κ1) is 17.5. The molecule has 0 saturated carbocycles. The number of benzene rings is 1. The van der Waals surface area contributed by atoms with Crippen LogP contribution in [0.2, 0.25) is 0 Å². The van der Waals surface area contributed by atoms with Crippen molar-refractivity contribution in [1.82, 2.24) is 5.32 Å². The van der Waals surface area contributed by atoms with Crippen molar-refractivity contribution in [3.8, 4) is 5.75 Å². The zero-order chi connectivity index (χ0) is 15.1. The number of hydrogen-bond acceptors (Lipinski definition) is 2. The van der Waals surface area contributed by atoms with Crippen LogP contribution in [0.5, 0.6) is 5.75 Å². The van der Waals surface area contributed by atoms with Crippen molar-refractivity contribution in [1.29, 1.82) is 0 Å². The lowest BCUT2D eigenvalue weighted by Crippen LogP contribution is -2.28. The maximum atomic E-state index is 5.31. The fraction of sp³-hybridized carbons (Fsp3) is 0.647. The van der Waals surface area contributed by atoms with Crippen LogP contribution in [-0.4, -0.2) is 20.2 Å². The Balaban J connectivity index is 2.54. The van der Waals surface area contributed by atoms with Crippen LogP contribution in [0.15, 0.2) is 22.7 Å². The summed E-state index contributed by atoms with van der Waals surface area (Å²) in [7, 11) is 1.72. The van der Waals surface area contributed by atoms with Gasteiger partial charge in [0.05, 0.1) is 7.11 Å². The van der Waals surface area contributed by atoms with Crippen LogP contribution < -0.4 is 10.1 Å². The summed E-state index contributed by atoms with van der Waals surface area (Å²) >= 11 is 3.64. The van der Waals surface area contributed by atoms with Gasteiger partial charge in [-0.15, -0.1) is 0 Å². The fourth-order valence-electron chi connectivity index (χ4n) is 2.18. The van der Waals surface area contributed by atoms with Gasteiger partial charge < -0.3 is 10.1 Å². The van der Waals surface area contributed by atoms with Gasteiger partial charge in [0.25, 0.3) is 0 Å². The summed E-state index contributed by atoms with van der Waals surface area (Å²) in [6.45, 7) is 11.3. The van der Waals surface area contributed by atoms with Crippen LogP contribution in [0.3, 0.4) is 0 Å². The van der Waals surface area contributed by atoms with E-state index in [1.54, 1.807) is 7.11 Å². The molecule has 0 aromatic heterocycles. The van der Waals surface area contributed by atoms with Crippen LogP contribution in [0.25, 0.3) is 0 Å². The third kappa shape index (κ3) is 5.84. The molecule has 0 spiro atoms. The lowest BCUT2D eigenvalue weighted by Gasteiger charge is -2.22. The van der Waals surface area contributed by atoms with Gasteiger partial charge in [-0.25, -0.2) is 0 Å². The largest absolute Gasteiger partial charge is 0.497 e. The van der Waals surface area contributed by atoms with Crippen LogP contribution in [0.4, 0.5) is 0 Å². The predicted molar refractivity (Wildman–Crippen MR) is 90.4 cm³/mol. The second-order valence-electron chi connectivity index (χ2n) is 6.17. The van der Waals surface area contributed by atoms with E-state index in [1.165, 1.54) is 10.0 Å². The van der Waals surface area contributed by atoms with E-state index in [-0.39, 0.29) is 0 Å². The molecule has 114 valence electrons. The molecular formula is C17H28BrNO. The molecule has 1 rings (SSSR count). The summed E-state index contributed by atoms with van der Waals surface area (Å²) in [4.78, 5) is 0. The van der Waals surface area contributed by atoms with Gasteiger partial charge in [0.2, 0.25) is 0 Å². The Morgan fingerprint density at radius 2 is 1.80 bits per heavy atom. The Morgan fingerprint density at radius 3 is 2.40 bits per heavy atom. The zero-order valence-electron chi connectivity index (χ0n) is 13.4. The van der Waals surface area contributed by atoms with E-state index >= 15 is 0 Å². The Labute approximate surface area is 132 Å². The van der Waals surface area contributed by atoms with E-state index in [9.17, 15) is 0 Å². The summed E-state index contributed by atoms with van der Waals surface area (Å²) in [5, 5.41) is 3.55. The van der Waals surface area contributed by atoms with E-state index in [0.29, 0.717) is 17.8 Å². The molecule has 2 atom stereocenters. The lowest BCUT2D eigenvalue weighted by atomic mass is 9.89. The Bertz CT molecular complexity index is 406. The van der Waals surface area contributed by atoms with Gasteiger partial charge in [-0.05, 0) is 61.0 Å². The highest BCUT2D eigenvalue weighted by molar-refractivity contribution is 9.10. The van der Waals surface area contributed by atoms with E-state index in [0.717, 1.165) is 25.3 Å². The zero-order valence-corrected chi connectivity index (χ0v) is 15.0. The highest BCUT2D eigenvalue weighted by Crippen LogP contribution is 2.26. The molecule has 0 fully saturated rings. The minimum absolute atomic E-state index is 0.637. The molecule has 1 aromatic carbocycles. The smallest absolute Gasteiger partial charge is 0.119 e. The Kier molecular flexibility index (Phi) is 7.60. The van der Waals surface area contributed by atoms with Crippen molar-refractivity contribution < 1.29 is 4.74 Å². The van der Waals surface area contributed by atoms with Crippen molar-refractivity contribution >= 4 is 15.9 Å². The second-order valence-corrected chi connectivity index (χ2v) is 7.02. The van der Waals surface area contributed by atoms with Gasteiger partial charge in [0, 0.05) is 4.47 Å². The summed E-state index contributed by atoms with van der Waals surface area (Å²) in [5.41, 5.74) is 1.33. The minimum atomic E-state index is 0.637. The molecule has 0 aliphatic heterocycles. The normalized spacial score (nSPS) is 14.3. The molecular weight excluding hydrogens is 314 g/mol. The SMILES string of the molecule is COc1ccc(Br)c(CC(C)C(C)CNCC(C)C)c1. The molecule has 0 bridgehead atoms. The average Bonchev–Trinajstić information content (AvgIpc) is 2.40. The second kappa shape index (κ2) is 8.68. The number of hydrogen-bond donors (Lipinski definition) is 1. The number of methoxy groups -OCH3 is 1. The van der Waals surface area contributed by atoms with Gasteiger partial charge in [-0.3, -0.25) is 0 Å². The van der Waals surface area contributed by atoms with E-state index in [4.69, 9.17) is 4.74 Å². The quantitative estimate of drug-likeness (QED) is 0.750. The molecule has 3 heteroatoms. The van der Waals surface area contributed by atoms with Crippen molar-refractivity contribution in [2.45, 2.75) is 34.1 Å². The Morgan fingerprint density at radius 1 is 1.10 bits per heavy atom. The first-order chi connectivity index (χ1) is 9.43.